The summed E-state index contributed by atoms with van der Waals surface area (Å²) in [5.41, 5.74) is 0. The molecule has 0 amide bonds. The Hall–Kier alpha value is -0.160. The Labute approximate surface area is 105 Å². The van der Waals surface area contributed by atoms with Crippen molar-refractivity contribution in [2.24, 2.45) is 0 Å². The zero-order valence-electron chi connectivity index (χ0n) is 11.1. The van der Waals surface area contributed by atoms with Crippen LogP contribution in [0.2, 0.25) is 0 Å². The van der Waals surface area contributed by atoms with Gasteiger partial charge in [0, 0.05) is 45.3 Å². The molecule has 100 valence electrons. The fourth-order valence-corrected chi connectivity index (χ4v) is 2.83. The predicted octanol–water partition coefficient (Wildman–Crippen LogP) is 0.127. The van der Waals surface area contributed by atoms with Gasteiger partial charge in [-0.2, -0.15) is 0 Å². The number of likely N-dealkylation sites (N-methyl/N-ethyl adjacent to an activating group) is 1. The van der Waals surface area contributed by atoms with Crippen molar-refractivity contribution in [1.82, 2.24) is 15.1 Å². The minimum atomic E-state index is -0.115. The molecule has 0 spiro atoms. The van der Waals surface area contributed by atoms with Crippen molar-refractivity contribution in [2.45, 2.75) is 37.8 Å². The van der Waals surface area contributed by atoms with E-state index in [0.717, 1.165) is 25.9 Å². The molecule has 4 nitrogen and oxygen atoms in total. The van der Waals surface area contributed by atoms with Gasteiger partial charge in [0.25, 0.3) is 0 Å². The minimum absolute atomic E-state index is 0.115. The fraction of sp³-hybridized carbons (Fsp3) is 1.00. The Morgan fingerprint density at radius 3 is 2.53 bits per heavy atom. The maximum atomic E-state index is 9.86. The summed E-state index contributed by atoms with van der Waals surface area (Å²) in [5.74, 6) is 0. The third kappa shape index (κ3) is 4.21. The zero-order valence-corrected chi connectivity index (χ0v) is 11.1. The molecule has 2 rings (SSSR count). The molecule has 2 N–H and O–H groups in total. The van der Waals surface area contributed by atoms with Crippen LogP contribution in [-0.4, -0.2) is 73.4 Å². The largest absolute Gasteiger partial charge is 0.392 e. The van der Waals surface area contributed by atoms with Gasteiger partial charge < -0.3 is 15.3 Å². The zero-order chi connectivity index (χ0) is 12.1. The number of piperazine rings is 1. The molecule has 1 aliphatic carbocycles. The van der Waals surface area contributed by atoms with E-state index >= 15 is 0 Å². The Kier molecular flexibility index (Phi) is 5.22. The van der Waals surface area contributed by atoms with Crippen molar-refractivity contribution >= 4 is 0 Å². The van der Waals surface area contributed by atoms with E-state index in [-0.39, 0.29) is 6.10 Å². The number of aliphatic hydroxyl groups is 1. The van der Waals surface area contributed by atoms with Gasteiger partial charge in [0.05, 0.1) is 6.10 Å². The quantitative estimate of drug-likeness (QED) is 0.734. The molecule has 0 aromatic carbocycles. The van der Waals surface area contributed by atoms with Gasteiger partial charge in [-0.15, -0.1) is 0 Å². The molecule has 2 unspecified atom stereocenters. The lowest BCUT2D eigenvalue weighted by molar-refractivity contribution is 0.0870. The van der Waals surface area contributed by atoms with E-state index in [0.29, 0.717) is 6.04 Å². The molecule has 17 heavy (non-hydrogen) atoms. The molecule has 0 radical (unpaired) electrons. The van der Waals surface area contributed by atoms with Crippen LogP contribution in [0.4, 0.5) is 0 Å². The summed E-state index contributed by atoms with van der Waals surface area (Å²) in [6.45, 7) is 6.89. The maximum absolute atomic E-state index is 9.86. The number of nitrogens with zero attached hydrogens (tertiary/aromatic N) is 2. The van der Waals surface area contributed by atoms with Gasteiger partial charge in [-0.3, -0.25) is 4.90 Å². The van der Waals surface area contributed by atoms with Crippen molar-refractivity contribution in [3.8, 4) is 0 Å². The van der Waals surface area contributed by atoms with E-state index in [1.165, 1.54) is 39.0 Å². The molecule has 2 aliphatic rings. The van der Waals surface area contributed by atoms with E-state index in [1.54, 1.807) is 0 Å². The van der Waals surface area contributed by atoms with Crippen molar-refractivity contribution in [3.63, 3.8) is 0 Å². The smallest absolute Gasteiger partial charge is 0.0693 e. The van der Waals surface area contributed by atoms with Gasteiger partial charge >= 0.3 is 0 Å². The summed E-state index contributed by atoms with van der Waals surface area (Å²) in [6.07, 6.45) is 4.47. The SMILES string of the molecule is CN1CCN(CCNC2CCCCC2O)CC1. The molecule has 1 heterocycles. The molecular formula is C13H27N3O. The Morgan fingerprint density at radius 1 is 1.12 bits per heavy atom. The Bertz CT molecular complexity index is 217. The standard InChI is InChI=1S/C13H27N3O/c1-15-8-10-16(11-9-15)7-6-14-12-4-2-3-5-13(12)17/h12-14,17H,2-11H2,1H3. The second kappa shape index (κ2) is 6.69. The van der Waals surface area contributed by atoms with E-state index in [4.69, 9.17) is 0 Å². The Balaban J connectivity index is 1.59. The first-order valence-electron chi connectivity index (χ1n) is 7.08. The van der Waals surface area contributed by atoms with Crippen molar-refractivity contribution in [1.29, 1.82) is 0 Å². The van der Waals surface area contributed by atoms with Gasteiger partial charge in [-0.05, 0) is 19.9 Å². The van der Waals surface area contributed by atoms with Crippen LogP contribution in [0.5, 0.6) is 0 Å². The molecule has 0 aromatic rings. The number of hydrogen-bond acceptors (Lipinski definition) is 4. The van der Waals surface area contributed by atoms with E-state index < -0.39 is 0 Å². The van der Waals surface area contributed by atoms with Crippen molar-refractivity contribution < 1.29 is 5.11 Å². The average molecular weight is 241 g/mol. The normalized spacial score (nSPS) is 32.8. The third-order valence-electron chi connectivity index (χ3n) is 4.16. The van der Waals surface area contributed by atoms with Crippen molar-refractivity contribution in [3.05, 3.63) is 0 Å². The number of rotatable bonds is 4. The van der Waals surface area contributed by atoms with Crippen LogP contribution in [0.15, 0.2) is 0 Å². The maximum Gasteiger partial charge on any atom is 0.0693 e. The lowest BCUT2D eigenvalue weighted by Crippen LogP contribution is -2.49. The highest BCUT2D eigenvalue weighted by molar-refractivity contribution is 4.81. The van der Waals surface area contributed by atoms with Gasteiger partial charge in [-0.25, -0.2) is 0 Å². The van der Waals surface area contributed by atoms with Crippen LogP contribution in [0, 0.1) is 0 Å². The summed E-state index contributed by atoms with van der Waals surface area (Å²) in [5, 5.41) is 13.4. The topological polar surface area (TPSA) is 38.7 Å². The summed E-state index contributed by atoms with van der Waals surface area (Å²) in [6, 6.07) is 0.344. The molecule has 2 fully saturated rings. The second-order valence-corrected chi connectivity index (χ2v) is 5.56. The summed E-state index contributed by atoms with van der Waals surface area (Å²) < 4.78 is 0. The average Bonchev–Trinajstić information content (AvgIpc) is 2.34. The molecule has 1 saturated carbocycles. The molecule has 2 atom stereocenters. The number of hydrogen-bond donors (Lipinski definition) is 2. The van der Waals surface area contributed by atoms with Gasteiger partial charge in [0.1, 0.15) is 0 Å². The highest BCUT2D eigenvalue weighted by Crippen LogP contribution is 2.18. The van der Waals surface area contributed by atoms with Crippen LogP contribution in [0.25, 0.3) is 0 Å². The van der Waals surface area contributed by atoms with Crippen molar-refractivity contribution in [2.75, 3.05) is 46.3 Å². The second-order valence-electron chi connectivity index (χ2n) is 5.56. The summed E-state index contributed by atoms with van der Waals surface area (Å²) in [4.78, 5) is 4.90. The summed E-state index contributed by atoms with van der Waals surface area (Å²) >= 11 is 0. The van der Waals surface area contributed by atoms with Crippen LogP contribution in [0.3, 0.4) is 0 Å². The molecule has 4 heteroatoms. The lowest BCUT2D eigenvalue weighted by atomic mass is 9.93. The molecule has 0 aromatic heterocycles. The fourth-order valence-electron chi connectivity index (χ4n) is 2.83. The van der Waals surface area contributed by atoms with E-state index in [2.05, 4.69) is 22.2 Å². The third-order valence-corrected chi connectivity index (χ3v) is 4.16. The first-order valence-corrected chi connectivity index (χ1v) is 7.08. The van der Waals surface area contributed by atoms with Gasteiger partial charge in [0.15, 0.2) is 0 Å². The first kappa shape index (κ1) is 13.3. The van der Waals surface area contributed by atoms with Crippen LogP contribution in [-0.2, 0) is 0 Å². The first-order chi connectivity index (χ1) is 8.25. The molecule has 1 aliphatic heterocycles. The predicted molar refractivity (Wildman–Crippen MR) is 70.2 cm³/mol. The summed E-state index contributed by atoms with van der Waals surface area (Å²) in [7, 11) is 2.19. The molecule has 1 saturated heterocycles. The minimum Gasteiger partial charge on any atom is -0.392 e. The number of nitrogens with one attached hydrogen (secondary N) is 1. The van der Waals surface area contributed by atoms with Crippen LogP contribution in [0.1, 0.15) is 25.7 Å². The molecular weight excluding hydrogens is 214 g/mol. The van der Waals surface area contributed by atoms with Gasteiger partial charge in [0.2, 0.25) is 0 Å². The van der Waals surface area contributed by atoms with Crippen LogP contribution >= 0.6 is 0 Å². The lowest BCUT2D eigenvalue weighted by Gasteiger charge is -2.33. The monoisotopic (exact) mass is 241 g/mol. The highest BCUT2D eigenvalue weighted by Gasteiger charge is 2.22. The van der Waals surface area contributed by atoms with E-state index in [1.807, 2.05) is 0 Å². The van der Waals surface area contributed by atoms with Crippen LogP contribution < -0.4 is 5.32 Å². The number of aliphatic hydroxyl groups excluding tert-OH is 1. The Morgan fingerprint density at radius 2 is 1.82 bits per heavy atom. The highest BCUT2D eigenvalue weighted by atomic mass is 16.3. The molecule has 0 bridgehead atoms. The van der Waals surface area contributed by atoms with E-state index in [9.17, 15) is 5.11 Å². The van der Waals surface area contributed by atoms with Gasteiger partial charge in [-0.1, -0.05) is 12.8 Å².